The molecular weight excluding hydrogens is 569 g/mol. The summed E-state index contributed by atoms with van der Waals surface area (Å²) in [5, 5.41) is 8.89. The summed E-state index contributed by atoms with van der Waals surface area (Å²) in [6, 6.07) is 8.44. The number of halogens is 6. The summed E-state index contributed by atoms with van der Waals surface area (Å²) in [6.45, 7) is 0. The molecule has 1 aliphatic rings. The molecule has 206 valence electrons. The molecule has 13 heteroatoms. The Morgan fingerprint density at radius 2 is 1.83 bits per heavy atom. The summed E-state index contributed by atoms with van der Waals surface area (Å²) in [6.07, 6.45) is -2.02. The van der Waals surface area contributed by atoms with Gasteiger partial charge in [-0.15, -0.1) is 0 Å². The summed E-state index contributed by atoms with van der Waals surface area (Å²) < 4.78 is 79.0. The lowest BCUT2D eigenvalue weighted by Crippen LogP contribution is -2.21. The van der Waals surface area contributed by atoms with Crippen molar-refractivity contribution in [2.24, 2.45) is 0 Å². The average molecular weight is 585 g/mol. The number of alkyl halides is 3. The van der Waals surface area contributed by atoms with Crippen LogP contribution in [0.25, 0.3) is 16.8 Å². The number of nitrogens with one attached hydrogen (secondary N) is 2. The summed E-state index contributed by atoms with van der Waals surface area (Å²) in [5.41, 5.74) is -1.27. The number of fused-ring (bicyclic) bond motifs is 2. The minimum absolute atomic E-state index is 0.0718. The molecular formula is C28H15ClF5N5O2. The third-order valence-corrected chi connectivity index (χ3v) is 6.74. The fourth-order valence-electron chi connectivity index (χ4n) is 4.56. The number of rotatable bonds is 4. The Kier molecular flexibility index (Phi) is 5.93. The van der Waals surface area contributed by atoms with Crippen molar-refractivity contribution in [2.45, 2.75) is 12.2 Å². The van der Waals surface area contributed by atoms with Gasteiger partial charge in [0.1, 0.15) is 18.0 Å². The Hall–Kier alpha value is -4.84. The molecule has 0 saturated carbocycles. The summed E-state index contributed by atoms with van der Waals surface area (Å²) in [7, 11) is 0. The van der Waals surface area contributed by atoms with Gasteiger partial charge in [0.05, 0.1) is 13.0 Å². The summed E-state index contributed by atoms with van der Waals surface area (Å²) in [4.78, 5) is 30.6. The number of hydrogen-bond acceptors (Lipinski definition) is 4. The summed E-state index contributed by atoms with van der Waals surface area (Å²) in [5.74, 6) is -3.97. The molecule has 0 unspecified atom stereocenters. The molecule has 0 aliphatic carbocycles. The Labute approximate surface area is 234 Å². The molecule has 5 aromatic rings. The third kappa shape index (κ3) is 4.86. The molecule has 0 saturated heterocycles. The second kappa shape index (κ2) is 9.66. The van der Waals surface area contributed by atoms with E-state index in [0.717, 1.165) is 12.1 Å². The minimum Gasteiger partial charge on any atom is -0.341 e. The van der Waals surface area contributed by atoms with Gasteiger partial charge in [0, 0.05) is 44.7 Å². The molecule has 2 aromatic heterocycles. The predicted molar refractivity (Wildman–Crippen MR) is 138 cm³/mol. The first kappa shape index (κ1) is 25.1. The lowest BCUT2D eigenvalue weighted by Gasteiger charge is -2.19. The van der Waals surface area contributed by atoms with Crippen molar-refractivity contribution < 1.29 is 32.9 Å². The van der Waals surface area contributed by atoms with E-state index in [-0.39, 0.29) is 33.5 Å². The van der Waals surface area contributed by atoms with Crippen LogP contribution in [0, 0.1) is 11.6 Å². The highest BCUT2D eigenvalue weighted by atomic mass is 35.5. The van der Waals surface area contributed by atoms with Gasteiger partial charge in [0.2, 0.25) is 0 Å². The van der Waals surface area contributed by atoms with E-state index in [9.17, 15) is 32.9 Å². The maximum atomic E-state index is 14.3. The molecule has 3 aromatic carbocycles. The number of aromatic nitrogens is 3. The first-order valence-corrected chi connectivity index (χ1v) is 12.2. The highest BCUT2D eigenvalue weighted by molar-refractivity contribution is 6.31. The molecule has 3 heterocycles. The molecule has 0 spiro atoms. The molecule has 2 N–H and O–H groups in total. The van der Waals surface area contributed by atoms with Crippen molar-refractivity contribution in [3.05, 3.63) is 118 Å². The number of pyridine rings is 1. The molecule has 0 bridgehead atoms. The molecule has 1 aliphatic heterocycles. The average Bonchev–Trinajstić information content (AvgIpc) is 3.51. The predicted octanol–water partition coefficient (Wildman–Crippen LogP) is 6.43. The fraction of sp³-hybridized carbons (Fsp3) is 0.0714. The maximum absolute atomic E-state index is 14.3. The van der Waals surface area contributed by atoms with E-state index in [1.54, 1.807) is 18.3 Å². The summed E-state index contributed by atoms with van der Waals surface area (Å²) >= 11 is 6.29. The van der Waals surface area contributed by atoms with E-state index >= 15 is 0 Å². The Bertz CT molecular complexity index is 1950. The highest BCUT2D eigenvalue weighted by Crippen LogP contribution is 2.42. The monoisotopic (exact) mass is 584 g/mol. The first-order chi connectivity index (χ1) is 19.8. The number of benzene rings is 3. The smallest absolute Gasteiger partial charge is 0.341 e. The van der Waals surface area contributed by atoms with Gasteiger partial charge >= 0.3 is 6.18 Å². The highest BCUT2D eigenvalue weighted by Gasteiger charge is 2.36. The number of carbonyl (C=O) groups is 2. The zero-order valence-electron chi connectivity index (χ0n) is 21.4. The number of hydrogen-bond donors (Lipinski definition) is 2. The van der Waals surface area contributed by atoms with Gasteiger partial charge in [0.15, 0.2) is 5.65 Å². The number of amides is 2. The second-order valence-electron chi connectivity index (χ2n) is 9.06. The first-order valence-electron chi connectivity index (χ1n) is 12.3. The zero-order chi connectivity index (χ0) is 30.0. The number of nitrogens with zero attached hydrogens (tertiary/aromatic N) is 3. The molecule has 41 heavy (non-hydrogen) atoms. The van der Waals surface area contributed by atoms with Crippen LogP contribution in [0.15, 0.2) is 73.2 Å². The lowest BCUT2D eigenvalue weighted by atomic mass is 9.93. The molecule has 0 radical (unpaired) electrons. The quantitative estimate of drug-likeness (QED) is 0.238. The van der Waals surface area contributed by atoms with Crippen molar-refractivity contribution in [1.82, 2.24) is 19.9 Å². The SMILES string of the molecule is [2H][C@]1(c2cc(F)ccc2Cl)NC(=O)c2cc(-c3ccc4ncnn4c3)cc(NC(=O)c3cc(F)cc(C(F)(F)F)c3)c21. The van der Waals surface area contributed by atoms with E-state index in [1.807, 2.05) is 0 Å². The van der Waals surface area contributed by atoms with Crippen molar-refractivity contribution in [2.75, 3.05) is 5.32 Å². The van der Waals surface area contributed by atoms with Crippen LogP contribution in [0.1, 0.15) is 44.8 Å². The van der Waals surface area contributed by atoms with E-state index in [1.165, 1.54) is 29.0 Å². The topological polar surface area (TPSA) is 88.4 Å². The minimum atomic E-state index is -4.93. The van der Waals surface area contributed by atoms with Crippen LogP contribution in [0.3, 0.4) is 0 Å². The maximum Gasteiger partial charge on any atom is 0.416 e. The standard InChI is InChI=1S/C28H15ClF5N5O2/c29-21-3-2-17(30)10-19(21)25-24-20(27(41)38-25)7-14(13-1-4-23-35-12-36-39(23)11-13)8-22(24)37-26(40)15-5-16(28(32,33)34)9-18(31)6-15/h1-12,25H,(H,37,40)(H,38,41)/t25-/m1/s1/i25D. The van der Waals surface area contributed by atoms with E-state index < -0.39 is 46.8 Å². The van der Waals surface area contributed by atoms with E-state index in [2.05, 4.69) is 20.7 Å². The van der Waals surface area contributed by atoms with Crippen LogP contribution in [0.5, 0.6) is 0 Å². The third-order valence-electron chi connectivity index (χ3n) is 6.41. The Morgan fingerprint density at radius 1 is 1.02 bits per heavy atom. The number of carbonyl (C=O) groups excluding carboxylic acids is 2. The van der Waals surface area contributed by atoms with Crippen molar-refractivity contribution in [1.29, 1.82) is 0 Å². The largest absolute Gasteiger partial charge is 0.416 e. The second-order valence-corrected chi connectivity index (χ2v) is 9.47. The zero-order valence-corrected chi connectivity index (χ0v) is 21.1. The van der Waals surface area contributed by atoms with Crippen LogP contribution < -0.4 is 10.6 Å². The van der Waals surface area contributed by atoms with Gasteiger partial charge in [-0.05, 0) is 66.2 Å². The van der Waals surface area contributed by atoms with Crippen molar-refractivity contribution >= 4 is 34.7 Å². The number of anilines is 1. The van der Waals surface area contributed by atoms with E-state index in [0.29, 0.717) is 28.9 Å². The fourth-order valence-corrected chi connectivity index (χ4v) is 4.77. The van der Waals surface area contributed by atoms with Gasteiger partial charge in [-0.2, -0.15) is 18.3 Å². The van der Waals surface area contributed by atoms with Crippen LogP contribution in [0.4, 0.5) is 27.6 Å². The van der Waals surface area contributed by atoms with Gasteiger partial charge in [-0.1, -0.05) is 11.6 Å². The molecule has 1 atom stereocenters. The van der Waals surface area contributed by atoms with E-state index in [4.69, 9.17) is 11.6 Å². The Balaban J connectivity index is 1.54. The van der Waals surface area contributed by atoms with Crippen molar-refractivity contribution in [3.63, 3.8) is 0 Å². The lowest BCUT2D eigenvalue weighted by molar-refractivity contribution is -0.137. The van der Waals surface area contributed by atoms with Gasteiger partial charge in [-0.3, -0.25) is 9.59 Å². The van der Waals surface area contributed by atoms with Crippen molar-refractivity contribution in [3.8, 4) is 11.1 Å². The molecule has 6 rings (SSSR count). The van der Waals surface area contributed by atoms with Crippen LogP contribution in [0.2, 0.25) is 5.02 Å². The Morgan fingerprint density at radius 3 is 2.61 bits per heavy atom. The van der Waals surface area contributed by atoms with Gasteiger partial charge in [0.25, 0.3) is 11.8 Å². The van der Waals surface area contributed by atoms with Gasteiger partial charge in [-0.25, -0.2) is 18.3 Å². The van der Waals surface area contributed by atoms with Crippen LogP contribution in [-0.2, 0) is 6.18 Å². The molecule has 0 fully saturated rings. The molecule has 2 amide bonds. The van der Waals surface area contributed by atoms with Gasteiger partial charge < -0.3 is 10.6 Å². The normalized spacial score (nSPS) is 16.8. The van der Waals surface area contributed by atoms with Crippen LogP contribution in [-0.4, -0.2) is 26.4 Å². The van der Waals surface area contributed by atoms with Crippen LogP contribution >= 0.6 is 11.6 Å². The molecule has 7 nitrogen and oxygen atoms in total.